The lowest BCUT2D eigenvalue weighted by molar-refractivity contribution is -0.141. The molecule has 0 saturated carbocycles. The second kappa shape index (κ2) is 5.30. The van der Waals surface area contributed by atoms with Crippen LogP contribution >= 0.6 is 0 Å². The van der Waals surface area contributed by atoms with Crippen LogP contribution in [0.2, 0.25) is 0 Å². The monoisotopic (exact) mass is 263 g/mol. The third-order valence-corrected chi connectivity index (χ3v) is 3.70. The van der Waals surface area contributed by atoms with Crippen LogP contribution in [0, 0.1) is 5.92 Å². The molecule has 0 spiro atoms. The molecule has 1 aliphatic carbocycles. The molecule has 2 rings (SSSR count). The molecule has 2 atom stereocenters. The Balaban J connectivity index is 2.39. The first-order valence-electron chi connectivity index (χ1n) is 6.09. The normalized spacial score (nSPS) is 23.2. The number of oxime groups is 1. The van der Waals surface area contributed by atoms with Gasteiger partial charge in [-0.3, -0.25) is 4.79 Å². The number of nitrogens with zero attached hydrogens (tertiary/aromatic N) is 1. The molecule has 0 aromatic heterocycles. The Morgan fingerprint density at radius 3 is 2.74 bits per heavy atom. The minimum Gasteiger partial charge on any atom is -0.497 e. The lowest BCUT2D eigenvalue weighted by Gasteiger charge is -2.14. The Morgan fingerprint density at radius 1 is 1.42 bits per heavy atom. The van der Waals surface area contributed by atoms with Crippen molar-refractivity contribution < 1.29 is 19.5 Å². The van der Waals surface area contributed by atoms with Crippen molar-refractivity contribution in [3.05, 3.63) is 29.3 Å². The fourth-order valence-corrected chi connectivity index (χ4v) is 2.60. The molecular weight excluding hydrogens is 246 g/mol. The summed E-state index contributed by atoms with van der Waals surface area (Å²) in [6.45, 7) is 2.00. The van der Waals surface area contributed by atoms with Crippen molar-refractivity contribution >= 4 is 11.7 Å². The fourth-order valence-electron chi connectivity index (χ4n) is 2.60. The number of methoxy groups -OCH3 is 2. The van der Waals surface area contributed by atoms with E-state index in [0.29, 0.717) is 5.71 Å². The van der Waals surface area contributed by atoms with Gasteiger partial charge in [0.1, 0.15) is 5.75 Å². The number of hydrogen-bond donors (Lipinski definition) is 1. The average molecular weight is 263 g/mol. The first-order valence-corrected chi connectivity index (χ1v) is 6.09. The summed E-state index contributed by atoms with van der Waals surface area (Å²) in [5, 5.41) is 12.6. The zero-order valence-electron chi connectivity index (χ0n) is 11.2. The van der Waals surface area contributed by atoms with E-state index in [2.05, 4.69) is 5.16 Å². The van der Waals surface area contributed by atoms with Crippen molar-refractivity contribution in [1.29, 1.82) is 0 Å². The number of fused-ring (bicyclic) bond motifs is 1. The van der Waals surface area contributed by atoms with Gasteiger partial charge in [-0.25, -0.2) is 0 Å². The molecule has 0 radical (unpaired) electrons. The van der Waals surface area contributed by atoms with Crippen molar-refractivity contribution in [2.24, 2.45) is 11.1 Å². The van der Waals surface area contributed by atoms with Crippen LogP contribution in [-0.4, -0.2) is 31.1 Å². The molecule has 19 heavy (non-hydrogen) atoms. The van der Waals surface area contributed by atoms with Crippen molar-refractivity contribution in [1.82, 2.24) is 0 Å². The lowest BCUT2D eigenvalue weighted by atomic mass is 9.91. The number of ether oxygens (including phenoxy) is 2. The SMILES string of the molecule is COC(=O)CC1/C(=N/O)c2ccc(OC)cc2C1C. The summed E-state index contributed by atoms with van der Waals surface area (Å²) in [4.78, 5) is 11.5. The van der Waals surface area contributed by atoms with Crippen LogP contribution in [-0.2, 0) is 9.53 Å². The number of benzene rings is 1. The third kappa shape index (κ3) is 2.28. The smallest absolute Gasteiger partial charge is 0.306 e. The van der Waals surface area contributed by atoms with Crippen molar-refractivity contribution in [3.8, 4) is 5.75 Å². The molecule has 2 unspecified atom stereocenters. The zero-order chi connectivity index (χ0) is 14.0. The number of esters is 1. The third-order valence-electron chi connectivity index (χ3n) is 3.70. The minimum atomic E-state index is -0.308. The van der Waals surface area contributed by atoms with E-state index in [1.165, 1.54) is 7.11 Å². The van der Waals surface area contributed by atoms with Gasteiger partial charge in [0.05, 0.1) is 26.4 Å². The van der Waals surface area contributed by atoms with Crippen LogP contribution in [0.1, 0.15) is 30.4 Å². The second-order valence-electron chi connectivity index (χ2n) is 4.61. The molecule has 5 heteroatoms. The van der Waals surface area contributed by atoms with Gasteiger partial charge in [0.25, 0.3) is 0 Å². The quantitative estimate of drug-likeness (QED) is 0.515. The molecule has 0 saturated heterocycles. The summed E-state index contributed by atoms with van der Waals surface area (Å²) in [6, 6.07) is 5.59. The van der Waals surface area contributed by atoms with Crippen LogP contribution in [0.25, 0.3) is 0 Å². The van der Waals surface area contributed by atoms with E-state index < -0.39 is 0 Å². The maximum absolute atomic E-state index is 11.5. The van der Waals surface area contributed by atoms with E-state index in [1.807, 2.05) is 25.1 Å². The van der Waals surface area contributed by atoms with E-state index in [4.69, 9.17) is 9.47 Å². The number of carbonyl (C=O) groups is 1. The first kappa shape index (κ1) is 13.4. The van der Waals surface area contributed by atoms with Gasteiger partial charge in [-0.05, 0) is 29.7 Å². The average Bonchev–Trinajstić information content (AvgIpc) is 2.70. The van der Waals surface area contributed by atoms with Crippen LogP contribution in [0.4, 0.5) is 0 Å². The Morgan fingerprint density at radius 2 is 2.16 bits per heavy atom. The van der Waals surface area contributed by atoms with Gasteiger partial charge in [0.2, 0.25) is 0 Å². The highest BCUT2D eigenvalue weighted by Crippen LogP contribution is 2.41. The van der Waals surface area contributed by atoms with Crippen LogP contribution in [0.5, 0.6) is 5.75 Å². The van der Waals surface area contributed by atoms with Gasteiger partial charge in [-0.2, -0.15) is 0 Å². The molecule has 0 bridgehead atoms. The number of hydrogen-bond acceptors (Lipinski definition) is 5. The maximum Gasteiger partial charge on any atom is 0.306 e. The van der Waals surface area contributed by atoms with Crippen molar-refractivity contribution in [2.75, 3.05) is 14.2 Å². The molecule has 0 aliphatic heterocycles. The minimum absolute atomic E-state index is 0.0788. The van der Waals surface area contributed by atoms with Crippen LogP contribution < -0.4 is 4.74 Å². The zero-order valence-corrected chi connectivity index (χ0v) is 11.2. The Labute approximate surface area is 111 Å². The molecule has 0 amide bonds. The molecular formula is C14H17NO4. The van der Waals surface area contributed by atoms with Crippen molar-refractivity contribution in [2.45, 2.75) is 19.3 Å². The van der Waals surface area contributed by atoms with E-state index in [1.54, 1.807) is 7.11 Å². The standard InChI is InChI=1S/C14H17NO4/c1-8-11-6-9(18-2)4-5-10(11)14(15-17)12(8)7-13(16)19-3/h4-6,8,12,17H,7H2,1-3H3/b15-14+. The summed E-state index contributed by atoms with van der Waals surface area (Å²) >= 11 is 0. The predicted octanol–water partition coefficient (Wildman–Crippen LogP) is 2.17. The van der Waals surface area contributed by atoms with E-state index in [9.17, 15) is 10.0 Å². The highest BCUT2D eigenvalue weighted by atomic mass is 16.5. The summed E-state index contributed by atoms with van der Waals surface area (Å²) in [5.74, 6) is 0.356. The van der Waals surface area contributed by atoms with Gasteiger partial charge in [-0.1, -0.05) is 12.1 Å². The largest absolute Gasteiger partial charge is 0.497 e. The van der Waals surface area contributed by atoms with Gasteiger partial charge in [0, 0.05) is 11.5 Å². The van der Waals surface area contributed by atoms with E-state index in [0.717, 1.165) is 16.9 Å². The predicted molar refractivity (Wildman–Crippen MR) is 69.9 cm³/mol. The molecule has 5 nitrogen and oxygen atoms in total. The fraction of sp³-hybridized carbons (Fsp3) is 0.429. The van der Waals surface area contributed by atoms with Gasteiger partial charge in [-0.15, -0.1) is 0 Å². The lowest BCUT2D eigenvalue weighted by Crippen LogP contribution is -2.18. The van der Waals surface area contributed by atoms with Crippen LogP contribution in [0.15, 0.2) is 23.4 Å². The molecule has 1 N–H and O–H groups in total. The molecule has 1 aromatic rings. The number of rotatable bonds is 3. The summed E-state index contributed by atoms with van der Waals surface area (Å²) in [5.41, 5.74) is 2.43. The van der Waals surface area contributed by atoms with Gasteiger partial charge < -0.3 is 14.7 Å². The second-order valence-corrected chi connectivity index (χ2v) is 4.61. The Kier molecular flexibility index (Phi) is 3.74. The Hall–Kier alpha value is -2.04. The molecule has 102 valence electrons. The van der Waals surface area contributed by atoms with Gasteiger partial charge >= 0.3 is 5.97 Å². The summed E-state index contributed by atoms with van der Waals surface area (Å²) < 4.78 is 9.90. The first-order chi connectivity index (χ1) is 9.12. The maximum atomic E-state index is 11.5. The highest BCUT2D eigenvalue weighted by Gasteiger charge is 2.37. The van der Waals surface area contributed by atoms with Crippen molar-refractivity contribution in [3.63, 3.8) is 0 Å². The molecule has 1 aromatic carbocycles. The summed E-state index contributed by atoms with van der Waals surface area (Å²) in [7, 11) is 2.96. The molecule has 0 heterocycles. The Bertz CT molecular complexity index is 524. The van der Waals surface area contributed by atoms with Crippen LogP contribution in [0.3, 0.4) is 0 Å². The molecule has 1 aliphatic rings. The summed E-state index contributed by atoms with van der Waals surface area (Å²) in [6.07, 6.45) is 0.202. The molecule has 0 fully saturated rings. The highest BCUT2D eigenvalue weighted by molar-refractivity contribution is 6.08. The van der Waals surface area contributed by atoms with E-state index in [-0.39, 0.29) is 24.2 Å². The van der Waals surface area contributed by atoms with E-state index >= 15 is 0 Å². The van der Waals surface area contributed by atoms with Gasteiger partial charge in [0.15, 0.2) is 0 Å². The number of carbonyl (C=O) groups excluding carboxylic acids is 1. The topological polar surface area (TPSA) is 68.1 Å².